The van der Waals surface area contributed by atoms with E-state index < -0.39 is 16.0 Å². The first-order valence-electron chi connectivity index (χ1n) is 5.61. The maximum Gasteiger partial charge on any atom is 0.307 e. The van der Waals surface area contributed by atoms with Gasteiger partial charge in [-0.25, -0.2) is 13.1 Å². The first-order chi connectivity index (χ1) is 8.31. The summed E-state index contributed by atoms with van der Waals surface area (Å²) in [5.41, 5.74) is 0.574. The van der Waals surface area contributed by atoms with Gasteiger partial charge in [-0.2, -0.15) is 0 Å². The molecule has 0 amide bonds. The van der Waals surface area contributed by atoms with Gasteiger partial charge in [-0.3, -0.25) is 4.79 Å². The number of rotatable bonds is 6. The van der Waals surface area contributed by atoms with Crippen LogP contribution < -0.4 is 4.72 Å². The molecule has 2 N–H and O–H groups in total. The first kappa shape index (κ1) is 14.7. The van der Waals surface area contributed by atoms with E-state index in [1.165, 1.54) is 24.3 Å². The zero-order valence-corrected chi connectivity index (χ0v) is 11.2. The van der Waals surface area contributed by atoms with Gasteiger partial charge in [0.15, 0.2) is 0 Å². The molecule has 0 spiro atoms. The molecule has 0 saturated carbocycles. The largest absolute Gasteiger partial charge is 0.481 e. The zero-order chi connectivity index (χ0) is 13.8. The van der Waals surface area contributed by atoms with Gasteiger partial charge in [0.2, 0.25) is 10.0 Å². The van der Waals surface area contributed by atoms with Crippen LogP contribution in [0, 0.1) is 5.92 Å². The highest BCUT2D eigenvalue weighted by Crippen LogP contribution is 2.11. The van der Waals surface area contributed by atoms with Crippen molar-refractivity contribution < 1.29 is 18.3 Å². The highest BCUT2D eigenvalue weighted by atomic mass is 32.2. The summed E-state index contributed by atoms with van der Waals surface area (Å²) >= 11 is 0. The smallest absolute Gasteiger partial charge is 0.307 e. The minimum absolute atomic E-state index is 0.111. The van der Waals surface area contributed by atoms with Gasteiger partial charge >= 0.3 is 5.97 Å². The van der Waals surface area contributed by atoms with E-state index in [1.54, 1.807) is 0 Å². The summed E-state index contributed by atoms with van der Waals surface area (Å²) in [5.74, 6) is -0.713. The van der Waals surface area contributed by atoms with Crippen LogP contribution in [-0.2, 0) is 21.2 Å². The molecule has 0 fully saturated rings. The molecule has 100 valence electrons. The van der Waals surface area contributed by atoms with Gasteiger partial charge in [-0.1, -0.05) is 26.0 Å². The van der Waals surface area contributed by atoms with Crippen LogP contribution in [0.4, 0.5) is 0 Å². The van der Waals surface area contributed by atoms with Crippen molar-refractivity contribution in [2.45, 2.75) is 25.2 Å². The lowest BCUT2D eigenvalue weighted by Crippen LogP contribution is -2.27. The minimum Gasteiger partial charge on any atom is -0.481 e. The van der Waals surface area contributed by atoms with E-state index in [2.05, 4.69) is 4.72 Å². The van der Waals surface area contributed by atoms with Crippen LogP contribution >= 0.6 is 0 Å². The number of hydrogen-bond acceptors (Lipinski definition) is 3. The third kappa shape index (κ3) is 4.46. The summed E-state index contributed by atoms with van der Waals surface area (Å²) in [5, 5.41) is 8.61. The predicted molar refractivity (Wildman–Crippen MR) is 67.8 cm³/mol. The Morgan fingerprint density at radius 2 is 1.83 bits per heavy atom. The van der Waals surface area contributed by atoms with Crippen LogP contribution in [0.25, 0.3) is 0 Å². The van der Waals surface area contributed by atoms with Crippen LogP contribution in [0.15, 0.2) is 29.2 Å². The monoisotopic (exact) mass is 271 g/mol. The van der Waals surface area contributed by atoms with Gasteiger partial charge in [0, 0.05) is 6.54 Å². The molecule has 0 aliphatic carbocycles. The number of carbonyl (C=O) groups is 1. The maximum atomic E-state index is 11.8. The predicted octanol–water partition coefficient (Wildman–Crippen LogP) is 1.25. The first-order valence-corrected chi connectivity index (χ1v) is 7.10. The summed E-state index contributed by atoms with van der Waals surface area (Å²) in [6, 6.07) is 5.86. The molecule has 0 aliphatic heterocycles. The topological polar surface area (TPSA) is 83.5 Å². The summed E-state index contributed by atoms with van der Waals surface area (Å²) in [7, 11) is -3.50. The maximum absolute atomic E-state index is 11.8. The van der Waals surface area contributed by atoms with Gasteiger partial charge in [-0.15, -0.1) is 0 Å². The molecule has 0 bridgehead atoms. The Labute approximate surface area is 107 Å². The second kappa shape index (κ2) is 5.97. The van der Waals surface area contributed by atoms with Crippen LogP contribution in [-0.4, -0.2) is 26.0 Å². The molecule has 0 atom stereocenters. The van der Waals surface area contributed by atoms with Gasteiger partial charge in [0.25, 0.3) is 0 Å². The van der Waals surface area contributed by atoms with Crippen LogP contribution in [0.5, 0.6) is 0 Å². The van der Waals surface area contributed by atoms with E-state index in [9.17, 15) is 13.2 Å². The quantitative estimate of drug-likeness (QED) is 0.815. The normalized spacial score (nSPS) is 11.7. The fourth-order valence-corrected chi connectivity index (χ4v) is 2.53. The lowest BCUT2D eigenvalue weighted by atomic mass is 10.2. The van der Waals surface area contributed by atoms with E-state index in [-0.39, 0.29) is 17.2 Å². The SMILES string of the molecule is CC(C)CNS(=O)(=O)c1ccc(CC(=O)O)cc1. The van der Waals surface area contributed by atoms with Crippen molar-refractivity contribution in [1.82, 2.24) is 4.72 Å². The van der Waals surface area contributed by atoms with Gasteiger partial charge in [0.1, 0.15) is 0 Å². The van der Waals surface area contributed by atoms with Crippen molar-refractivity contribution in [2.75, 3.05) is 6.54 Å². The molecule has 1 aromatic carbocycles. The van der Waals surface area contributed by atoms with Gasteiger partial charge in [0.05, 0.1) is 11.3 Å². The Bertz CT molecular complexity index is 505. The molecular formula is C12H17NO4S. The van der Waals surface area contributed by atoms with Gasteiger partial charge < -0.3 is 5.11 Å². The number of aliphatic carboxylic acids is 1. The van der Waals surface area contributed by atoms with E-state index in [4.69, 9.17) is 5.11 Å². The molecule has 0 aromatic heterocycles. The summed E-state index contributed by atoms with van der Waals surface area (Å²) in [6.07, 6.45) is -0.111. The van der Waals surface area contributed by atoms with E-state index in [0.29, 0.717) is 12.1 Å². The summed E-state index contributed by atoms with van der Waals surface area (Å²) < 4.78 is 26.2. The molecule has 0 unspecified atom stereocenters. The molecular weight excluding hydrogens is 254 g/mol. The van der Waals surface area contributed by atoms with E-state index in [0.717, 1.165) is 0 Å². The fraction of sp³-hybridized carbons (Fsp3) is 0.417. The molecule has 1 rings (SSSR count). The Balaban J connectivity index is 2.81. The standard InChI is InChI=1S/C12H17NO4S/c1-9(2)8-13-18(16,17)11-5-3-10(4-6-11)7-12(14)15/h3-6,9,13H,7-8H2,1-2H3,(H,14,15). The average molecular weight is 271 g/mol. The zero-order valence-electron chi connectivity index (χ0n) is 10.4. The lowest BCUT2D eigenvalue weighted by molar-refractivity contribution is -0.136. The van der Waals surface area contributed by atoms with E-state index >= 15 is 0 Å². The highest BCUT2D eigenvalue weighted by Gasteiger charge is 2.14. The molecule has 0 radical (unpaired) electrons. The van der Waals surface area contributed by atoms with Crippen molar-refractivity contribution >= 4 is 16.0 Å². The molecule has 0 heterocycles. The molecule has 18 heavy (non-hydrogen) atoms. The van der Waals surface area contributed by atoms with Crippen molar-refractivity contribution in [3.63, 3.8) is 0 Å². The number of nitrogens with one attached hydrogen (secondary N) is 1. The number of sulfonamides is 1. The molecule has 6 heteroatoms. The van der Waals surface area contributed by atoms with Crippen LogP contribution in [0.3, 0.4) is 0 Å². The second-order valence-electron chi connectivity index (χ2n) is 4.46. The van der Waals surface area contributed by atoms with Gasteiger partial charge in [-0.05, 0) is 23.6 Å². The Kier molecular flexibility index (Phi) is 4.86. The number of carboxylic acids is 1. The van der Waals surface area contributed by atoms with Crippen LogP contribution in [0.2, 0.25) is 0 Å². The van der Waals surface area contributed by atoms with Crippen LogP contribution in [0.1, 0.15) is 19.4 Å². The average Bonchev–Trinajstić information content (AvgIpc) is 2.26. The van der Waals surface area contributed by atoms with Crippen molar-refractivity contribution in [1.29, 1.82) is 0 Å². The number of benzene rings is 1. The number of hydrogen-bond donors (Lipinski definition) is 2. The molecule has 1 aromatic rings. The van der Waals surface area contributed by atoms with E-state index in [1.807, 2.05) is 13.8 Å². The third-order valence-corrected chi connectivity index (χ3v) is 3.71. The Hall–Kier alpha value is -1.40. The number of carboxylic acid groups (broad SMARTS) is 1. The lowest BCUT2D eigenvalue weighted by Gasteiger charge is -2.09. The fourth-order valence-electron chi connectivity index (χ4n) is 1.32. The Morgan fingerprint density at radius 1 is 1.28 bits per heavy atom. The Morgan fingerprint density at radius 3 is 2.28 bits per heavy atom. The highest BCUT2D eigenvalue weighted by molar-refractivity contribution is 7.89. The third-order valence-electron chi connectivity index (χ3n) is 2.27. The second-order valence-corrected chi connectivity index (χ2v) is 6.23. The molecule has 0 saturated heterocycles. The summed E-state index contributed by atoms with van der Waals surface area (Å²) in [4.78, 5) is 10.6. The summed E-state index contributed by atoms with van der Waals surface area (Å²) in [6.45, 7) is 4.20. The van der Waals surface area contributed by atoms with Crippen molar-refractivity contribution in [3.8, 4) is 0 Å². The van der Waals surface area contributed by atoms with Crippen molar-refractivity contribution in [3.05, 3.63) is 29.8 Å². The van der Waals surface area contributed by atoms with Crippen molar-refractivity contribution in [2.24, 2.45) is 5.92 Å². The molecule has 5 nitrogen and oxygen atoms in total. The minimum atomic E-state index is -3.50. The molecule has 0 aliphatic rings.